The van der Waals surface area contributed by atoms with Crippen LogP contribution in [-0.4, -0.2) is 40.3 Å². The van der Waals surface area contributed by atoms with Gasteiger partial charge in [-0.15, -0.1) is 0 Å². The number of fused-ring (bicyclic) bond motifs is 1. The summed E-state index contributed by atoms with van der Waals surface area (Å²) in [6.07, 6.45) is 2.21. The topological polar surface area (TPSA) is 47.4 Å². The van der Waals surface area contributed by atoms with Crippen molar-refractivity contribution in [3.8, 4) is 5.88 Å². The summed E-state index contributed by atoms with van der Waals surface area (Å²) in [5, 5.41) is 4.24. The number of hydrogen-bond donors (Lipinski definition) is 0. The van der Waals surface area contributed by atoms with Crippen molar-refractivity contribution in [2.24, 2.45) is 0 Å². The first-order chi connectivity index (χ1) is 7.34. The second kappa shape index (κ2) is 3.25. The maximum Gasteiger partial charge on any atom is 0.274 e. The third kappa shape index (κ3) is 1.38. The van der Waals surface area contributed by atoms with Crippen molar-refractivity contribution in [1.29, 1.82) is 0 Å². The Balaban J connectivity index is 1.83. The van der Waals surface area contributed by atoms with Crippen molar-refractivity contribution < 1.29 is 9.53 Å². The molecule has 0 radical (unpaired) electrons. The molecule has 2 aliphatic heterocycles. The van der Waals surface area contributed by atoms with E-state index in [-0.39, 0.29) is 5.91 Å². The zero-order valence-electron chi connectivity index (χ0n) is 8.48. The van der Waals surface area contributed by atoms with E-state index in [0.29, 0.717) is 12.3 Å². The number of ether oxygens (including phenoxy) is 1. The van der Waals surface area contributed by atoms with Gasteiger partial charge < -0.3 is 9.64 Å². The van der Waals surface area contributed by atoms with Crippen LogP contribution in [0.3, 0.4) is 0 Å². The van der Waals surface area contributed by atoms with Crippen molar-refractivity contribution in [2.45, 2.75) is 19.4 Å². The van der Waals surface area contributed by atoms with Crippen LogP contribution in [0.5, 0.6) is 5.88 Å². The summed E-state index contributed by atoms with van der Waals surface area (Å²) in [6, 6.07) is 1.74. The number of carbonyl (C=O) groups excluding carboxylic acids is 1. The highest BCUT2D eigenvalue weighted by Crippen LogP contribution is 2.20. The number of likely N-dealkylation sites (tertiary alicyclic amines) is 1. The standard InChI is InChI=1S/C10H13N3O2/c14-10(12-3-1-2-4-12)8-7-9-13(11-8)5-6-15-9/h7H,1-6H2. The predicted octanol–water partition coefficient (Wildman–Crippen LogP) is 0.512. The van der Waals surface area contributed by atoms with E-state index >= 15 is 0 Å². The predicted molar refractivity (Wildman–Crippen MR) is 52.9 cm³/mol. The number of hydrogen-bond acceptors (Lipinski definition) is 3. The van der Waals surface area contributed by atoms with Gasteiger partial charge in [0.05, 0.1) is 6.54 Å². The summed E-state index contributed by atoms with van der Waals surface area (Å²) in [5.74, 6) is 0.760. The summed E-state index contributed by atoms with van der Waals surface area (Å²) in [5.41, 5.74) is 0.520. The first-order valence-corrected chi connectivity index (χ1v) is 5.34. The monoisotopic (exact) mass is 207 g/mol. The summed E-state index contributed by atoms with van der Waals surface area (Å²) in [7, 11) is 0. The molecule has 0 atom stereocenters. The lowest BCUT2D eigenvalue weighted by atomic mass is 10.4. The molecular weight excluding hydrogens is 194 g/mol. The van der Waals surface area contributed by atoms with E-state index in [2.05, 4.69) is 5.10 Å². The normalized spacial score (nSPS) is 19.1. The number of aromatic nitrogens is 2. The molecule has 0 aromatic carbocycles. The van der Waals surface area contributed by atoms with Gasteiger partial charge in [0.25, 0.3) is 5.91 Å². The van der Waals surface area contributed by atoms with Gasteiger partial charge in [0.1, 0.15) is 6.61 Å². The SMILES string of the molecule is O=C(c1cc2n(n1)CCO2)N1CCCC1. The quantitative estimate of drug-likeness (QED) is 0.674. The molecule has 0 bridgehead atoms. The van der Waals surface area contributed by atoms with E-state index in [0.717, 1.165) is 38.4 Å². The van der Waals surface area contributed by atoms with Gasteiger partial charge in [0, 0.05) is 19.2 Å². The van der Waals surface area contributed by atoms with Crippen molar-refractivity contribution in [3.63, 3.8) is 0 Å². The Kier molecular flexibility index (Phi) is 1.90. The van der Waals surface area contributed by atoms with E-state index in [1.165, 1.54) is 0 Å². The number of carbonyl (C=O) groups is 1. The zero-order valence-corrected chi connectivity index (χ0v) is 8.48. The lowest BCUT2D eigenvalue weighted by Crippen LogP contribution is -2.28. The number of amides is 1. The highest BCUT2D eigenvalue weighted by Gasteiger charge is 2.24. The maximum absolute atomic E-state index is 11.9. The maximum atomic E-state index is 11.9. The molecule has 5 nitrogen and oxygen atoms in total. The molecule has 0 spiro atoms. The molecule has 0 aliphatic carbocycles. The Hall–Kier alpha value is -1.52. The second-order valence-corrected chi connectivity index (χ2v) is 3.94. The smallest absolute Gasteiger partial charge is 0.274 e. The molecule has 5 heteroatoms. The van der Waals surface area contributed by atoms with Crippen LogP contribution in [0.1, 0.15) is 23.3 Å². The van der Waals surface area contributed by atoms with E-state index in [1.54, 1.807) is 10.7 Å². The molecule has 0 unspecified atom stereocenters. The molecule has 1 amide bonds. The Morgan fingerprint density at radius 2 is 2.13 bits per heavy atom. The van der Waals surface area contributed by atoms with Crippen LogP contribution in [0.15, 0.2) is 6.07 Å². The minimum absolute atomic E-state index is 0.0398. The summed E-state index contributed by atoms with van der Waals surface area (Å²) in [4.78, 5) is 13.8. The molecule has 1 aromatic rings. The molecule has 3 heterocycles. The van der Waals surface area contributed by atoms with Gasteiger partial charge in [0.2, 0.25) is 5.88 Å². The highest BCUT2D eigenvalue weighted by molar-refractivity contribution is 5.92. The van der Waals surface area contributed by atoms with E-state index in [9.17, 15) is 4.79 Å². The summed E-state index contributed by atoms with van der Waals surface area (Å²) in [6.45, 7) is 3.15. The average molecular weight is 207 g/mol. The third-order valence-electron chi connectivity index (χ3n) is 2.91. The van der Waals surface area contributed by atoms with Crippen LogP contribution < -0.4 is 4.74 Å². The van der Waals surface area contributed by atoms with Gasteiger partial charge in [-0.25, -0.2) is 4.68 Å². The van der Waals surface area contributed by atoms with Gasteiger partial charge >= 0.3 is 0 Å². The summed E-state index contributed by atoms with van der Waals surface area (Å²) < 4.78 is 7.07. The number of rotatable bonds is 1. The molecule has 0 N–H and O–H groups in total. The van der Waals surface area contributed by atoms with Crippen LogP contribution in [0.4, 0.5) is 0 Å². The van der Waals surface area contributed by atoms with Gasteiger partial charge in [-0.05, 0) is 12.8 Å². The molecule has 80 valence electrons. The van der Waals surface area contributed by atoms with Crippen molar-refractivity contribution in [1.82, 2.24) is 14.7 Å². The Bertz CT molecular complexity index is 372. The van der Waals surface area contributed by atoms with Crippen molar-refractivity contribution in [3.05, 3.63) is 11.8 Å². The van der Waals surface area contributed by atoms with Gasteiger partial charge in [0.15, 0.2) is 5.69 Å². The van der Waals surface area contributed by atoms with Crippen molar-refractivity contribution >= 4 is 5.91 Å². The first kappa shape index (κ1) is 8.76. The van der Waals surface area contributed by atoms with Gasteiger partial charge in [-0.2, -0.15) is 5.10 Å². The van der Waals surface area contributed by atoms with Crippen LogP contribution in [-0.2, 0) is 6.54 Å². The van der Waals surface area contributed by atoms with E-state index in [1.807, 2.05) is 4.90 Å². The fraction of sp³-hybridized carbons (Fsp3) is 0.600. The van der Waals surface area contributed by atoms with Crippen LogP contribution >= 0.6 is 0 Å². The Morgan fingerprint density at radius 1 is 1.33 bits per heavy atom. The summed E-state index contributed by atoms with van der Waals surface area (Å²) >= 11 is 0. The minimum Gasteiger partial charge on any atom is -0.476 e. The van der Waals surface area contributed by atoms with E-state index < -0.39 is 0 Å². The second-order valence-electron chi connectivity index (χ2n) is 3.94. The number of nitrogens with zero attached hydrogens (tertiary/aromatic N) is 3. The van der Waals surface area contributed by atoms with E-state index in [4.69, 9.17) is 4.74 Å². The van der Waals surface area contributed by atoms with Crippen LogP contribution in [0, 0.1) is 0 Å². The fourth-order valence-corrected chi connectivity index (χ4v) is 2.10. The molecule has 1 aromatic heterocycles. The Morgan fingerprint density at radius 3 is 2.87 bits per heavy atom. The highest BCUT2D eigenvalue weighted by atomic mass is 16.5. The molecule has 0 saturated carbocycles. The van der Waals surface area contributed by atoms with Gasteiger partial charge in [-0.1, -0.05) is 0 Å². The molecule has 3 rings (SSSR count). The lowest BCUT2D eigenvalue weighted by Gasteiger charge is -2.12. The largest absolute Gasteiger partial charge is 0.476 e. The minimum atomic E-state index is 0.0398. The lowest BCUT2D eigenvalue weighted by molar-refractivity contribution is 0.0786. The fourth-order valence-electron chi connectivity index (χ4n) is 2.10. The molecule has 1 fully saturated rings. The van der Waals surface area contributed by atoms with Crippen molar-refractivity contribution in [2.75, 3.05) is 19.7 Å². The van der Waals surface area contributed by atoms with Gasteiger partial charge in [-0.3, -0.25) is 4.79 Å². The Labute approximate surface area is 87.6 Å². The molecule has 2 aliphatic rings. The molecule has 1 saturated heterocycles. The molecular formula is C10H13N3O2. The zero-order chi connectivity index (χ0) is 10.3. The van der Waals surface area contributed by atoms with Crippen LogP contribution in [0.2, 0.25) is 0 Å². The molecule has 15 heavy (non-hydrogen) atoms. The first-order valence-electron chi connectivity index (χ1n) is 5.34. The average Bonchev–Trinajstić information content (AvgIpc) is 2.92. The third-order valence-corrected chi connectivity index (χ3v) is 2.91. The van der Waals surface area contributed by atoms with Crippen LogP contribution in [0.25, 0.3) is 0 Å².